The Balaban J connectivity index is 2.21. The maximum Gasteiger partial charge on any atom is 0.336 e. The first-order chi connectivity index (χ1) is 14.2. The lowest BCUT2D eigenvalue weighted by atomic mass is 9.69. The predicted molar refractivity (Wildman–Crippen MR) is 108 cm³/mol. The maximum atomic E-state index is 14.3. The maximum absolute atomic E-state index is 14.3. The molecule has 0 aromatic heterocycles. The second kappa shape index (κ2) is 8.60. The fraction of sp³-hybridized carbons (Fsp3) is 0.409. The number of methoxy groups -OCH3 is 1. The van der Waals surface area contributed by atoms with Gasteiger partial charge in [0.15, 0.2) is 5.78 Å². The van der Waals surface area contributed by atoms with Gasteiger partial charge in [-0.15, -0.1) is 0 Å². The number of hydrogen-bond acceptors (Lipinski definition) is 6. The summed E-state index contributed by atoms with van der Waals surface area (Å²) in [5.41, 5.74) is 1.95. The highest BCUT2D eigenvalue weighted by molar-refractivity contribution is 6.30. The zero-order valence-electron chi connectivity index (χ0n) is 17.2. The van der Waals surface area contributed by atoms with Crippen LogP contribution in [0.2, 0.25) is 5.02 Å². The van der Waals surface area contributed by atoms with Gasteiger partial charge >= 0.3 is 11.9 Å². The van der Waals surface area contributed by atoms with Crippen LogP contribution in [0.5, 0.6) is 0 Å². The van der Waals surface area contributed by atoms with Gasteiger partial charge in [-0.2, -0.15) is 0 Å². The molecule has 30 heavy (non-hydrogen) atoms. The van der Waals surface area contributed by atoms with Crippen molar-refractivity contribution in [3.8, 4) is 0 Å². The molecule has 0 spiro atoms. The Morgan fingerprint density at radius 2 is 2.03 bits per heavy atom. The average molecular weight is 436 g/mol. The second-order valence-corrected chi connectivity index (χ2v) is 7.84. The van der Waals surface area contributed by atoms with Crippen LogP contribution in [0.25, 0.3) is 0 Å². The largest absolute Gasteiger partial charge is 0.468 e. The number of ether oxygens (including phenoxy) is 2. The van der Waals surface area contributed by atoms with Gasteiger partial charge in [-0.1, -0.05) is 24.6 Å². The molecule has 3 rings (SSSR count). The molecule has 1 aliphatic carbocycles. The molecular weight excluding hydrogens is 413 g/mol. The summed E-state index contributed by atoms with van der Waals surface area (Å²) in [7, 11) is 1.23. The Kier molecular flexibility index (Phi) is 6.31. The first kappa shape index (κ1) is 22.0. The number of esters is 2. The number of halogens is 2. The van der Waals surface area contributed by atoms with Gasteiger partial charge in [0.25, 0.3) is 0 Å². The fourth-order valence-corrected chi connectivity index (χ4v) is 4.30. The molecule has 1 heterocycles. The van der Waals surface area contributed by atoms with Crippen molar-refractivity contribution in [1.29, 1.82) is 0 Å². The molecule has 1 N–H and O–H groups in total. The van der Waals surface area contributed by atoms with Gasteiger partial charge in [0.05, 0.1) is 24.3 Å². The molecule has 8 heteroatoms. The average Bonchev–Trinajstić information content (AvgIpc) is 2.68. The molecule has 0 saturated carbocycles. The molecule has 2 aliphatic rings. The highest BCUT2D eigenvalue weighted by atomic mass is 35.5. The summed E-state index contributed by atoms with van der Waals surface area (Å²) in [6.07, 6.45) is 0.404. The Labute approximate surface area is 179 Å². The van der Waals surface area contributed by atoms with E-state index in [-0.39, 0.29) is 28.7 Å². The minimum Gasteiger partial charge on any atom is -0.468 e. The van der Waals surface area contributed by atoms with Crippen LogP contribution < -0.4 is 5.32 Å². The number of dihydropyridines is 1. The normalized spacial score (nSPS) is 23.7. The number of nitrogens with one attached hydrogen (secondary N) is 1. The minimum atomic E-state index is -1.00. The van der Waals surface area contributed by atoms with Crippen molar-refractivity contribution >= 4 is 29.3 Å². The third-order valence-electron chi connectivity index (χ3n) is 5.52. The van der Waals surface area contributed by atoms with Crippen LogP contribution in [-0.2, 0) is 23.9 Å². The molecule has 3 atom stereocenters. The first-order valence-electron chi connectivity index (χ1n) is 9.66. The molecule has 0 amide bonds. The number of Topliss-reactive ketones (excluding diaryl/α,β-unsaturated/α-hetero) is 1. The van der Waals surface area contributed by atoms with Gasteiger partial charge in [-0.3, -0.25) is 9.59 Å². The van der Waals surface area contributed by atoms with Crippen molar-refractivity contribution in [2.45, 2.75) is 33.1 Å². The van der Waals surface area contributed by atoms with Gasteiger partial charge in [0, 0.05) is 22.9 Å². The monoisotopic (exact) mass is 435 g/mol. The van der Waals surface area contributed by atoms with E-state index in [2.05, 4.69) is 5.32 Å². The van der Waals surface area contributed by atoms with E-state index >= 15 is 0 Å². The van der Waals surface area contributed by atoms with Gasteiger partial charge < -0.3 is 14.8 Å². The number of ketones is 1. The summed E-state index contributed by atoms with van der Waals surface area (Å²) >= 11 is 5.83. The number of benzene rings is 1. The van der Waals surface area contributed by atoms with Gasteiger partial charge in [-0.25, -0.2) is 9.18 Å². The molecule has 6 nitrogen and oxygen atoms in total. The molecule has 160 valence electrons. The lowest BCUT2D eigenvalue weighted by Crippen LogP contribution is -2.43. The van der Waals surface area contributed by atoms with Gasteiger partial charge in [-0.05, 0) is 43.9 Å². The van der Waals surface area contributed by atoms with Crippen molar-refractivity contribution in [3.05, 3.63) is 57.1 Å². The summed E-state index contributed by atoms with van der Waals surface area (Å²) in [5.74, 6) is -4.55. The van der Waals surface area contributed by atoms with Crippen LogP contribution in [0, 0.1) is 17.7 Å². The number of allylic oxidation sites excluding steroid dienone is 3. The van der Waals surface area contributed by atoms with Gasteiger partial charge in [0.1, 0.15) is 11.7 Å². The molecular formula is C22H23ClFNO5. The third kappa shape index (κ3) is 3.74. The van der Waals surface area contributed by atoms with Crippen LogP contribution in [-0.4, -0.2) is 31.4 Å². The summed E-state index contributed by atoms with van der Waals surface area (Å²) in [4.78, 5) is 38.6. The zero-order valence-corrected chi connectivity index (χ0v) is 17.9. The number of hydrogen-bond donors (Lipinski definition) is 1. The van der Waals surface area contributed by atoms with Crippen LogP contribution in [0.1, 0.15) is 38.7 Å². The van der Waals surface area contributed by atoms with Crippen molar-refractivity contribution < 1.29 is 28.2 Å². The summed E-state index contributed by atoms with van der Waals surface area (Å²) in [6.45, 7) is 5.31. The number of rotatable bonds is 4. The lowest BCUT2D eigenvalue weighted by molar-refractivity contribution is -0.151. The SMILES string of the molecule is CCOC(=O)C1=C(C)NC2=C(C(=O)[C@@H](C(=O)OC)[C@@H](C)C2)[C@H]1c1ccc(Cl)c(F)c1. The Bertz CT molecular complexity index is 984. The summed E-state index contributed by atoms with van der Waals surface area (Å²) in [6, 6.07) is 4.14. The van der Waals surface area contributed by atoms with Crippen molar-refractivity contribution in [3.63, 3.8) is 0 Å². The van der Waals surface area contributed by atoms with Crippen LogP contribution in [0.3, 0.4) is 0 Å². The van der Waals surface area contributed by atoms with Crippen LogP contribution in [0.15, 0.2) is 40.7 Å². The first-order valence-corrected chi connectivity index (χ1v) is 10.0. The second-order valence-electron chi connectivity index (χ2n) is 7.43. The lowest BCUT2D eigenvalue weighted by Gasteiger charge is -2.38. The quantitative estimate of drug-likeness (QED) is 0.574. The Morgan fingerprint density at radius 3 is 2.63 bits per heavy atom. The molecule has 0 radical (unpaired) electrons. The topological polar surface area (TPSA) is 81.7 Å². The Morgan fingerprint density at radius 1 is 1.33 bits per heavy atom. The van der Waals surface area contributed by atoms with E-state index < -0.39 is 35.4 Å². The fourth-order valence-electron chi connectivity index (χ4n) is 4.19. The summed E-state index contributed by atoms with van der Waals surface area (Å²) in [5, 5.41) is 3.06. The number of carbonyl (C=O) groups is 3. The highest BCUT2D eigenvalue weighted by Crippen LogP contribution is 2.45. The van der Waals surface area contributed by atoms with Crippen LogP contribution >= 0.6 is 11.6 Å². The van der Waals surface area contributed by atoms with Crippen molar-refractivity contribution in [1.82, 2.24) is 5.32 Å². The van der Waals surface area contributed by atoms with E-state index in [0.717, 1.165) is 0 Å². The van der Waals surface area contributed by atoms with E-state index in [1.54, 1.807) is 26.8 Å². The number of carbonyl (C=O) groups excluding carboxylic acids is 3. The van der Waals surface area contributed by atoms with Gasteiger partial charge in [0.2, 0.25) is 0 Å². The highest BCUT2D eigenvalue weighted by Gasteiger charge is 2.47. The molecule has 1 aromatic carbocycles. The smallest absolute Gasteiger partial charge is 0.336 e. The molecule has 0 unspecified atom stereocenters. The van der Waals surface area contributed by atoms with E-state index in [0.29, 0.717) is 23.4 Å². The zero-order chi connectivity index (χ0) is 22.2. The molecule has 1 aromatic rings. The Hall–Kier alpha value is -2.67. The van der Waals surface area contributed by atoms with E-state index in [1.807, 2.05) is 0 Å². The predicted octanol–water partition coefficient (Wildman–Crippen LogP) is 3.66. The van der Waals surface area contributed by atoms with Crippen molar-refractivity contribution in [2.75, 3.05) is 13.7 Å². The third-order valence-corrected chi connectivity index (χ3v) is 5.82. The standard InChI is InChI=1S/C22H23ClFNO5/c1-5-30-22(28)17-11(3)25-15-8-10(2)16(21(27)29-4)20(26)19(15)18(17)12-6-7-13(23)14(24)9-12/h6-7,9-10,16,18,25H,5,8H2,1-4H3/t10-,16-,18-/m0/s1. The van der Waals surface area contributed by atoms with E-state index in [4.69, 9.17) is 21.1 Å². The molecule has 0 fully saturated rings. The van der Waals surface area contributed by atoms with E-state index in [9.17, 15) is 18.8 Å². The summed E-state index contributed by atoms with van der Waals surface area (Å²) < 4.78 is 24.3. The van der Waals surface area contributed by atoms with Crippen LogP contribution in [0.4, 0.5) is 4.39 Å². The van der Waals surface area contributed by atoms with E-state index in [1.165, 1.54) is 19.2 Å². The molecule has 0 bridgehead atoms. The molecule has 1 aliphatic heterocycles. The molecule has 0 saturated heterocycles. The van der Waals surface area contributed by atoms with Crippen molar-refractivity contribution in [2.24, 2.45) is 11.8 Å². The minimum absolute atomic E-state index is 0.0729.